The van der Waals surface area contributed by atoms with E-state index in [1.165, 1.54) is 25.7 Å². The molecule has 0 aromatic heterocycles. The fourth-order valence-electron chi connectivity index (χ4n) is 14.2. The average Bonchev–Trinajstić information content (AvgIpc) is 1.35. The van der Waals surface area contributed by atoms with Crippen LogP contribution in [-0.2, 0) is 110 Å². The van der Waals surface area contributed by atoms with Crippen molar-refractivity contribution in [1.29, 1.82) is 0 Å². The Labute approximate surface area is 677 Å². The molecule has 8 heterocycles. The van der Waals surface area contributed by atoms with Gasteiger partial charge in [-0.25, -0.2) is 19.2 Å². The molecule has 39 nitrogen and oxygen atoms in total. The van der Waals surface area contributed by atoms with Gasteiger partial charge in [0.15, 0.2) is 0 Å². The highest BCUT2D eigenvalue weighted by atomic mass is 16.8. The van der Waals surface area contributed by atoms with Crippen molar-refractivity contribution in [3.8, 4) is 0 Å². The van der Waals surface area contributed by atoms with Crippen molar-refractivity contribution in [2.75, 3.05) is 78.5 Å². The van der Waals surface area contributed by atoms with E-state index in [2.05, 4.69) is 124 Å². The van der Waals surface area contributed by atoms with E-state index in [1.807, 2.05) is 0 Å². The van der Waals surface area contributed by atoms with Crippen molar-refractivity contribution in [3.63, 3.8) is 0 Å². The third-order valence-electron chi connectivity index (χ3n) is 21.0. The Balaban J connectivity index is 0.000000276. The molecule has 0 spiro atoms. The molecule has 8 aliphatic rings. The molecular formula is C77H122N16O23. The third-order valence-corrected chi connectivity index (χ3v) is 21.0. The number of nitrogens with one attached hydrogen (secondary N) is 8. The molecule has 15 amide bonds. The van der Waals surface area contributed by atoms with Gasteiger partial charge in [-0.1, -0.05) is 32.3 Å². The molecule has 0 bridgehead atoms. The Hall–Kier alpha value is -9.89. The second-order valence-corrected chi connectivity index (χ2v) is 30.4. The zero-order valence-corrected chi connectivity index (χ0v) is 68.6. The number of amides is 15. The van der Waals surface area contributed by atoms with Crippen LogP contribution in [-0.4, -0.2) is 279 Å². The molecule has 8 saturated heterocycles. The van der Waals surface area contributed by atoms with E-state index in [-0.39, 0.29) is 202 Å². The first-order valence-electron chi connectivity index (χ1n) is 40.7. The van der Waals surface area contributed by atoms with E-state index in [0.29, 0.717) is 102 Å². The molecular weight excluding hydrogens is 1530 g/mol. The Morgan fingerprint density at radius 3 is 0.612 bits per heavy atom. The van der Waals surface area contributed by atoms with Crippen LogP contribution in [0.25, 0.3) is 0 Å². The van der Waals surface area contributed by atoms with Crippen molar-refractivity contribution < 1.29 is 110 Å². The van der Waals surface area contributed by atoms with E-state index in [9.17, 15) is 91.1 Å². The Kier molecular flexibility index (Phi) is 42.1. The first-order valence-corrected chi connectivity index (χ1v) is 40.7. The summed E-state index contributed by atoms with van der Waals surface area (Å²) in [6.45, 7) is 23.0. The van der Waals surface area contributed by atoms with Gasteiger partial charge < -0.3 is 61.9 Å². The molecule has 648 valence electrons. The van der Waals surface area contributed by atoms with Crippen LogP contribution in [0.15, 0.2) is 12.3 Å². The quantitative estimate of drug-likeness (QED) is 0.0240. The summed E-state index contributed by atoms with van der Waals surface area (Å²) in [6.07, 6.45) is 14.2. The number of rotatable bonds is 36. The van der Waals surface area contributed by atoms with Crippen molar-refractivity contribution >= 4 is 112 Å². The number of nitrogens with zero attached hydrogens (tertiary/aromatic N) is 8. The number of allylic oxidation sites excluding steroid dienone is 1. The zero-order chi connectivity index (χ0) is 85.6. The van der Waals surface area contributed by atoms with Gasteiger partial charge >= 0.3 is 23.9 Å². The van der Waals surface area contributed by atoms with Crippen LogP contribution < -0.4 is 42.5 Å². The number of piperidine rings is 4. The molecule has 8 N–H and O–H groups in total. The molecule has 8 aliphatic heterocycles. The number of hydrogen-bond donors (Lipinski definition) is 8. The second kappa shape index (κ2) is 50.6. The highest BCUT2D eigenvalue weighted by molar-refractivity contribution is 6.03. The van der Waals surface area contributed by atoms with Crippen molar-refractivity contribution in [2.45, 2.75) is 284 Å². The summed E-state index contributed by atoms with van der Waals surface area (Å²) in [7, 11) is 0. The van der Waals surface area contributed by atoms with Gasteiger partial charge in [0.25, 0.3) is 41.4 Å². The number of hydrogen-bond acceptors (Lipinski definition) is 27. The maximum Gasteiger partial charge on any atom is 0.334 e. The molecule has 39 heteroatoms. The lowest BCUT2D eigenvalue weighted by molar-refractivity contribution is -0.197. The van der Waals surface area contributed by atoms with Crippen LogP contribution in [0, 0.1) is 0 Å². The lowest BCUT2D eigenvalue weighted by atomic mass is 9.98. The van der Waals surface area contributed by atoms with E-state index in [4.69, 9.17) is 19.4 Å². The van der Waals surface area contributed by atoms with Crippen molar-refractivity contribution in [2.24, 2.45) is 0 Å². The highest BCUT2D eigenvalue weighted by Gasteiger charge is 2.37. The normalized spacial score (nSPS) is 22.5. The monoisotopic (exact) mass is 1650 g/mol. The number of likely N-dealkylation sites (tertiary alicyclic amines) is 4. The standard InChI is InChI=1S/C20H32N4O5.3C19H30N4O6/c1-14-5-4-6-15(2)23(14)13-18(26)22-11-9-17(25)21-12-10-20(28)29-24-16(3)7-8-19(24)27;3*1-13-4-3-5-14(2)22(13)12-16(25)21-10-8-15(24)20-11-9-19(28)29-23-17(26)6-7-18(23)27/h14-15H,3-13H2,1-2H3,(H,21,25)(H,22,26);3*13-14H,3-12H2,1-2H3,(H,20,24)(H,21,25)/i21+1,22+1,23+1;16+1,20+1,21+1;15+1,16+1,20+1;15+1,16+1,19+1. The minimum atomic E-state index is -0.771. The number of carbonyl (C=O) groups is 19. The third kappa shape index (κ3) is 34.9. The molecule has 8 fully saturated rings. The van der Waals surface area contributed by atoms with Gasteiger partial charge in [-0.2, -0.15) is 0 Å². The predicted molar refractivity (Wildman–Crippen MR) is 412 cm³/mol. The maximum atomic E-state index is 12.1. The summed E-state index contributed by atoms with van der Waals surface area (Å²) in [5.41, 5.74) is 0.455. The largest absolute Gasteiger partial charge is 0.355 e. The van der Waals surface area contributed by atoms with Gasteiger partial charge in [-0.05, 0) is 113 Å². The second-order valence-electron chi connectivity index (χ2n) is 30.4. The SMILES string of the molecule is C=C1CCC(=O)N1OC(=O)CC[15NH]C(=O)CC[15NH]C(=O)C[15N]1C(C)CCCC1C.CC1CCCC(C)N1C[13C](=O)NCC[13C](=O)NCC[13C](=O)ON1C(=O)CCC1=O.CC1CCCC(C)N1C[13C](=O)NCC[13C](=O)[15NH]CCC(=O)ON1C(=O)CCC1=O.CC1CCCC(C)N1C[13C](=O)[15NH]CCC(=O)[15NH]CCC(=O)ON1C(=O)CCC1=O. The van der Waals surface area contributed by atoms with E-state index < -0.39 is 59.3 Å². The van der Waals surface area contributed by atoms with Gasteiger partial charge in [0.2, 0.25) is 47.3 Å². The summed E-state index contributed by atoms with van der Waals surface area (Å²) in [4.78, 5) is 250. The lowest BCUT2D eigenvalue weighted by Crippen LogP contribution is -2.49. The van der Waals surface area contributed by atoms with Crippen LogP contribution in [0.4, 0.5) is 0 Å². The van der Waals surface area contributed by atoms with E-state index in [1.54, 1.807) is 0 Å². The summed E-state index contributed by atoms with van der Waals surface area (Å²) in [6, 6.07) is 3.02. The fraction of sp³-hybridized carbons (Fsp3) is 0.727. The number of carbonyl (C=O) groups excluding carboxylic acids is 19. The fourth-order valence-corrected chi connectivity index (χ4v) is 14.2. The molecule has 0 aromatic carbocycles. The van der Waals surface area contributed by atoms with Crippen LogP contribution in [0.2, 0.25) is 0 Å². The average molecular weight is 1650 g/mol. The van der Waals surface area contributed by atoms with Crippen LogP contribution in [0.5, 0.6) is 0 Å². The molecule has 0 radical (unpaired) electrons. The minimum absolute atomic E-state index is 0.0185. The smallest absolute Gasteiger partial charge is 0.334 e. The van der Waals surface area contributed by atoms with Gasteiger partial charge in [-0.3, -0.25) is 91.5 Å². The Bertz CT molecular complexity index is 2940. The van der Waals surface area contributed by atoms with Crippen LogP contribution >= 0.6 is 0 Å². The summed E-state index contributed by atoms with van der Waals surface area (Å²) in [5.74, 6) is -8.11. The van der Waals surface area contributed by atoms with Gasteiger partial charge in [0.05, 0.1) is 57.6 Å². The molecule has 8 atom stereocenters. The maximum absolute atomic E-state index is 12.1. The van der Waals surface area contributed by atoms with Crippen LogP contribution in [0.3, 0.4) is 0 Å². The van der Waals surface area contributed by atoms with Crippen molar-refractivity contribution in [3.05, 3.63) is 12.3 Å². The first-order chi connectivity index (χ1) is 55.1. The molecule has 116 heavy (non-hydrogen) atoms. The van der Waals surface area contributed by atoms with Crippen molar-refractivity contribution in [1.82, 2.24) is 82.4 Å². The molecule has 8 unspecified atom stereocenters. The molecule has 0 saturated carbocycles. The topological polar surface area (TPSA) is 483 Å². The highest BCUT2D eigenvalue weighted by Crippen LogP contribution is 2.26. The van der Waals surface area contributed by atoms with E-state index >= 15 is 0 Å². The number of imide groups is 3. The Morgan fingerprint density at radius 1 is 0.259 bits per heavy atom. The lowest BCUT2D eigenvalue weighted by Gasteiger charge is -2.38. The molecule has 0 aromatic rings. The minimum Gasteiger partial charge on any atom is -0.355 e. The van der Waals surface area contributed by atoms with E-state index in [0.717, 1.165) is 56.4 Å². The van der Waals surface area contributed by atoms with Gasteiger partial charge in [0.1, 0.15) is 0 Å². The Morgan fingerprint density at radius 2 is 0.422 bits per heavy atom. The van der Waals surface area contributed by atoms with Gasteiger partial charge in [-0.15, -0.1) is 20.3 Å². The summed E-state index contributed by atoms with van der Waals surface area (Å²) >= 11 is 0. The zero-order valence-electron chi connectivity index (χ0n) is 68.6. The molecule has 8 rings (SSSR count). The van der Waals surface area contributed by atoms with Crippen LogP contribution in [0.1, 0.15) is 235 Å². The summed E-state index contributed by atoms with van der Waals surface area (Å²) < 4.78 is 0. The molecule has 0 aliphatic carbocycles. The summed E-state index contributed by atoms with van der Waals surface area (Å²) in [5, 5.41) is 23.6. The first kappa shape index (κ1) is 96.7. The van der Waals surface area contributed by atoms with Gasteiger partial charge in [0, 0.05) is 171 Å². The number of hydroxylamine groups is 8. The predicted octanol–water partition coefficient (Wildman–Crippen LogP) is 0.463.